The highest BCUT2D eigenvalue weighted by atomic mass is 16.3. The largest absolute Gasteiger partial charge is 0.508 e. The molecule has 0 spiro atoms. The molecule has 56 heavy (non-hydrogen) atoms. The van der Waals surface area contributed by atoms with Crippen molar-refractivity contribution in [2.24, 2.45) is 0 Å². The first-order chi connectivity index (χ1) is 26.8. The van der Waals surface area contributed by atoms with Crippen LogP contribution in [0.25, 0.3) is 21.9 Å². The van der Waals surface area contributed by atoms with Crippen LogP contribution in [0.5, 0.6) is 17.2 Å². The highest BCUT2D eigenvalue weighted by molar-refractivity contribution is 5.92. The third kappa shape index (κ3) is 7.69. The van der Waals surface area contributed by atoms with E-state index in [0.29, 0.717) is 23.5 Å². The van der Waals surface area contributed by atoms with E-state index >= 15 is 0 Å². The summed E-state index contributed by atoms with van der Waals surface area (Å²) in [5.41, 5.74) is 10.9. The third-order valence-electron chi connectivity index (χ3n) is 11.1. The highest BCUT2D eigenvalue weighted by Crippen LogP contribution is 2.56. The summed E-state index contributed by atoms with van der Waals surface area (Å²) in [5, 5.41) is 32.0. The normalized spacial score (nSPS) is 15.6. The lowest BCUT2D eigenvalue weighted by Gasteiger charge is -2.33. The summed E-state index contributed by atoms with van der Waals surface area (Å²) < 4.78 is 0. The van der Waals surface area contributed by atoms with Gasteiger partial charge in [0.2, 0.25) is 0 Å². The van der Waals surface area contributed by atoms with Gasteiger partial charge in [-0.2, -0.15) is 0 Å². The van der Waals surface area contributed by atoms with Crippen molar-refractivity contribution < 1.29 is 15.3 Å². The Bertz CT molecular complexity index is 2220. The van der Waals surface area contributed by atoms with E-state index in [9.17, 15) is 15.3 Å². The maximum Gasteiger partial charge on any atom is 0.115 e. The molecule has 0 bridgehead atoms. The minimum Gasteiger partial charge on any atom is -0.508 e. The molecule has 7 aromatic rings. The molecular formula is C53H58O3. The monoisotopic (exact) mass is 742 g/mol. The quantitative estimate of drug-likeness (QED) is 0.165. The van der Waals surface area contributed by atoms with Crippen molar-refractivity contribution in [3.05, 3.63) is 197 Å². The molecule has 2 aliphatic rings. The second-order valence-electron chi connectivity index (χ2n) is 14.6. The van der Waals surface area contributed by atoms with Crippen molar-refractivity contribution in [2.75, 3.05) is 0 Å². The third-order valence-corrected chi connectivity index (χ3v) is 11.1. The lowest BCUT2D eigenvalue weighted by molar-refractivity contribution is 0.473. The van der Waals surface area contributed by atoms with Crippen LogP contribution in [0.1, 0.15) is 119 Å². The molecule has 0 heterocycles. The van der Waals surface area contributed by atoms with Crippen molar-refractivity contribution in [3.63, 3.8) is 0 Å². The molecule has 0 aliphatic heterocycles. The van der Waals surface area contributed by atoms with Crippen LogP contribution >= 0.6 is 0 Å². The molecule has 3 unspecified atom stereocenters. The zero-order valence-corrected chi connectivity index (χ0v) is 33.0. The van der Waals surface area contributed by atoms with E-state index in [4.69, 9.17) is 0 Å². The Balaban J connectivity index is 0.000000191. The molecule has 9 rings (SSSR count). The summed E-state index contributed by atoms with van der Waals surface area (Å²) >= 11 is 0. The second-order valence-corrected chi connectivity index (χ2v) is 14.6. The van der Waals surface area contributed by atoms with Gasteiger partial charge in [0, 0.05) is 0 Å². The van der Waals surface area contributed by atoms with E-state index in [0.717, 1.165) is 17.5 Å². The summed E-state index contributed by atoms with van der Waals surface area (Å²) in [4.78, 5) is 0. The van der Waals surface area contributed by atoms with Crippen LogP contribution in [0.2, 0.25) is 0 Å². The van der Waals surface area contributed by atoms with Crippen LogP contribution in [0.15, 0.2) is 158 Å². The maximum absolute atomic E-state index is 9.85. The SMILES string of the molecule is C.CC.CC(CC1c2cccc3cccc(c23)C1C)c1ccc(O)cc1.CCC.Oc1ccc(C2(c3ccc(O)cc3)c3ccccc3-c3ccccc32)cc1. The van der Waals surface area contributed by atoms with Gasteiger partial charge in [-0.1, -0.05) is 177 Å². The zero-order chi connectivity index (χ0) is 39.1. The Kier molecular flexibility index (Phi) is 13.5. The lowest BCUT2D eigenvalue weighted by atomic mass is 9.68. The fourth-order valence-electron chi connectivity index (χ4n) is 8.67. The number of phenolic OH excluding ortho intramolecular Hbond substituents is 3. The van der Waals surface area contributed by atoms with Gasteiger partial charge in [-0.05, 0) is 121 Å². The number of aromatic hydroxyl groups is 3. The smallest absolute Gasteiger partial charge is 0.115 e. The van der Waals surface area contributed by atoms with Crippen molar-refractivity contribution in [2.45, 2.75) is 85.0 Å². The molecular weight excluding hydrogens is 685 g/mol. The van der Waals surface area contributed by atoms with Crippen molar-refractivity contribution in [1.29, 1.82) is 0 Å². The summed E-state index contributed by atoms with van der Waals surface area (Å²) in [6, 6.07) is 53.0. The number of rotatable bonds is 5. The van der Waals surface area contributed by atoms with Crippen LogP contribution in [0.4, 0.5) is 0 Å². The molecule has 0 aromatic heterocycles. The second kappa shape index (κ2) is 18.2. The van der Waals surface area contributed by atoms with Crippen molar-refractivity contribution in [3.8, 4) is 28.4 Å². The minimum atomic E-state index is -0.491. The molecule has 7 aromatic carbocycles. The predicted octanol–water partition coefficient (Wildman–Crippen LogP) is 14.5. The van der Waals surface area contributed by atoms with Crippen molar-refractivity contribution in [1.82, 2.24) is 0 Å². The number of phenols is 3. The van der Waals surface area contributed by atoms with Crippen LogP contribution < -0.4 is 0 Å². The lowest BCUT2D eigenvalue weighted by Crippen LogP contribution is -2.28. The average molecular weight is 743 g/mol. The molecule has 0 amide bonds. The van der Waals surface area contributed by atoms with E-state index in [2.05, 4.69) is 113 Å². The topological polar surface area (TPSA) is 60.7 Å². The summed E-state index contributed by atoms with van der Waals surface area (Å²) in [7, 11) is 0. The molecule has 3 atom stereocenters. The molecule has 3 N–H and O–H groups in total. The van der Waals surface area contributed by atoms with Gasteiger partial charge in [-0.15, -0.1) is 0 Å². The number of benzene rings is 7. The first-order valence-corrected chi connectivity index (χ1v) is 19.9. The molecule has 0 saturated heterocycles. The maximum atomic E-state index is 9.85. The molecule has 0 saturated carbocycles. The van der Waals surface area contributed by atoms with Crippen LogP contribution in [-0.4, -0.2) is 15.3 Å². The van der Waals surface area contributed by atoms with E-state index < -0.39 is 5.41 Å². The van der Waals surface area contributed by atoms with Gasteiger partial charge >= 0.3 is 0 Å². The number of hydrogen-bond acceptors (Lipinski definition) is 3. The molecule has 0 fully saturated rings. The zero-order valence-electron chi connectivity index (χ0n) is 33.0. The van der Waals surface area contributed by atoms with Gasteiger partial charge in [0.15, 0.2) is 0 Å². The molecule has 3 heteroatoms. The van der Waals surface area contributed by atoms with Gasteiger partial charge in [-0.3, -0.25) is 0 Å². The number of fused-ring (bicyclic) bond motifs is 3. The molecule has 3 nitrogen and oxygen atoms in total. The Morgan fingerprint density at radius 2 is 0.946 bits per heavy atom. The van der Waals surface area contributed by atoms with Gasteiger partial charge in [0.25, 0.3) is 0 Å². The Morgan fingerprint density at radius 1 is 0.536 bits per heavy atom. The van der Waals surface area contributed by atoms with Crippen LogP contribution in [0.3, 0.4) is 0 Å². The Labute approximate surface area is 335 Å². The first kappa shape index (κ1) is 41.4. The van der Waals surface area contributed by atoms with Crippen LogP contribution in [-0.2, 0) is 5.41 Å². The van der Waals surface area contributed by atoms with Crippen LogP contribution in [0, 0.1) is 0 Å². The average Bonchev–Trinajstić information content (AvgIpc) is 3.67. The highest BCUT2D eigenvalue weighted by Gasteiger charge is 2.45. The number of hydrogen-bond donors (Lipinski definition) is 3. The Morgan fingerprint density at radius 3 is 1.41 bits per heavy atom. The molecule has 2 aliphatic carbocycles. The van der Waals surface area contributed by atoms with E-state index in [1.165, 1.54) is 56.1 Å². The fraction of sp³-hybridized carbons (Fsp3) is 0.245. The standard InChI is InChI=1S/C25H18O2.C22H22O.C3H8.C2H6.CH4/c26-19-13-9-17(10-14-19)25(18-11-15-20(27)16-12-18)23-7-3-1-5-21(23)22-6-2-4-8-24(22)25;1-14(16-9-11-18(23)12-10-16)13-21-15(2)19-7-3-5-17-6-4-8-20(21)22(17)19;1-3-2;1-2;/h1-16,26-27H;3-12,14-15,21,23H,13H2,1-2H3;3H2,1-2H3;1-2H3;1H4. The van der Waals surface area contributed by atoms with E-state index in [-0.39, 0.29) is 18.9 Å². The van der Waals surface area contributed by atoms with Gasteiger partial charge in [0.05, 0.1) is 5.41 Å². The fourth-order valence-corrected chi connectivity index (χ4v) is 8.67. The molecule has 288 valence electrons. The molecule has 0 radical (unpaired) electrons. The minimum absolute atomic E-state index is 0. The van der Waals surface area contributed by atoms with Gasteiger partial charge in [-0.25, -0.2) is 0 Å². The van der Waals surface area contributed by atoms with Gasteiger partial charge in [0.1, 0.15) is 17.2 Å². The summed E-state index contributed by atoms with van der Waals surface area (Å²) in [6.07, 6.45) is 2.39. The van der Waals surface area contributed by atoms with Gasteiger partial charge < -0.3 is 15.3 Å². The summed E-state index contributed by atoms with van der Waals surface area (Å²) in [6.45, 7) is 12.9. The first-order valence-electron chi connectivity index (χ1n) is 19.9. The van der Waals surface area contributed by atoms with E-state index in [1.807, 2.05) is 50.2 Å². The Hall–Kier alpha value is -5.80. The van der Waals surface area contributed by atoms with Crippen molar-refractivity contribution >= 4 is 10.8 Å². The summed E-state index contributed by atoms with van der Waals surface area (Å²) in [5.74, 6) is 2.45. The predicted molar refractivity (Wildman–Crippen MR) is 237 cm³/mol. The van der Waals surface area contributed by atoms with E-state index in [1.54, 1.807) is 36.4 Å².